The molecular weight excluding hydrogens is 248 g/mol. The van der Waals surface area contributed by atoms with E-state index in [1.165, 1.54) is 6.07 Å². The van der Waals surface area contributed by atoms with E-state index in [0.717, 1.165) is 17.8 Å². The van der Waals surface area contributed by atoms with Gasteiger partial charge in [0, 0.05) is 23.3 Å². The fraction of sp³-hybridized carbons (Fsp3) is 0.357. The van der Waals surface area contributed by atoms with Gasteiger partial charge in [0.25, 0.3) is 0 Å². The van der Waals surface area contributed by atoms with Crippen molar-refractivity contribution in [2.75, 3.05) is 0 Å². The molecule has 5 heteroatoms. The lowest BCUT2D eigenvalue weighted by Gasteiger charge is -2.19. The van der Waals surface area contributed by atoms with Crippen LogP contribution in [0.4, 0.5) is 8.78 Å². The molecule has 0 unspecified atom stereocenters. The Balaban J connectivity index is 2.14. The zero-order valence-corrected chi connectivity index (χ0v) is 11.2. The molecule has 2 aromatic rings. The Bertz CT molecular complexity index is 570. The average molecular weight is 265 g/mol. The summed E-state index contributed by atoms with van der Waals surface area (Å²) in [5.41, 5.74) is 2.06. The minimum absolute atomic E-state index is 0.00720. The normalized spacial score (nSPS) is 11.8. The molecular formula is C14H17F2N3. The number of H-pyrrole nitrogens is 1. The summed E-state index contributed by atoms with van der Waals surface area (Å²) in [5.74, 6) is -1.72. The van der Waals surface area contributed by atoms with Crippen LogP contribution in [0, 0.1) is 11.6 Å². The molecule has 3 nitrogen and oxygen atoms in total. The van der Waals surface area contributed by atoms with Gasteiger partial charge in [0.2, 0.25) is 0 Å². The number of benzene rings is 1. The highest BCUT2D eigenvalue weighted by molar-refractivity contribution is 5.59. The first-order valence-corrected chi connectivity index (χ1v) is 6.10. The highest BCUT2D eigenvalue weighted by atomic mass is 19.2. The van der Waals surface area contributed by atoms with Crippen LogP contribution >= 0.6 is 0 Å². The third kappa shape index (κ3) is 3.61. The fourth-order valence-electron chi connectivity index (χ4n) is 1.62. The van der Waals surface area contributed by atoms with Gasteiger partial charge in [-0.2, -0.15) is 5.10 Å². The van der Waals surface area contributed by atoms with Crippen LogP contribution in [0.1, 0.15) is 26.5 Å². The monoisotopic (exact) mass is 265 g/mol. The van der Waals surface area contributed by atoms with Crippen LogP contribution in [0.5, 0.6) is 0 Å². The molecule has 0 atom stereocenters. The smallest absolute Gasteiger partial charge is 0.159 e. The molecule has 0 aliphatic heterocycles. The molecule has 0 spiro atoms. The van der Waals surface area contributed by atoms with Crippen molar-refractivity contribution in [3.63, 3.8) is 0 Å². The van der Waals surface area contributed by atoms with Gasteiger partial charge in [0.05, 0.1) is 5.69 Å². The Morgan fingerprint density at radius 3 is 2.53 bits per heavy atom. The second-order valence-corrected chi connectivity index (χ2v) is 5.51. The van der Waals surface area contributed by atoms with Gasteiger partial charge in [-0.25, -0.2) is 8.78 Å². The van der Waals surface area contributed by atoms with Gasteiger partial charge in [-0.3, -0.25) is 5.10 Å². The summed E-state index contributed by atoms with van der Waals surface area (Å²) in [7, 11) is 0. The molecule has 0 saturated heterocycles. The van der Waals surface area contributed by atoms with Crippen LogP contribution in [0.25, 0.3) is 11.3 Å². The van der Waals surface area contributed by atoms with Crippen molar-refractivity contribution < 1.29 is 8.78 Å². The second-order valence-electron chi connectivity index (χ2n) is 5.51. The zero-order valence-electron chi connectivity index (χ0n) is 11.2. The molecule has 2 rings (SSSR count). The highest BCUT2D eigenvalue weighted by Gasteiger charge is 2.11. The molecule has 0 aliphatic rings. The summed E-state index contributed by atoms with van der Waals surface area (Å²) < 4.78 is 26.0. The van der Waals surface area contributed by atoms with E-state index < -0.39 is 11.6 Å². The minimum atomic E-state index is -0.866. The van der Waals surface area contributed by atoms with Crippen LogP contribution < -0.4 is 5.32 Å². The van der Waals surface area contributed by atoms with Crippen molar-refractivity contribution in [3.05, 3.63) is 41.6 Å². The number of rotatable bonds is 3. The van der Waals surface area contributed by atoms with Gasteiger partial charge in [0.15, 0.2) is 11.6 Å². The molecule has 0 radical (unpaired) electrons. The van der Waals surface area contributed by atoms with E-state index in [2.05, 4.69) is 36.3 Å². The van der Waals surface area contributed by atoms with Crippen molar-refractivity contribution in [2.24, 2.45) is 0 Å². The van der Waals surface area contributed by atoms with Gasteiger partial charge >= 0.3 is 0 Å². The lowest BCUT2D eigenvalue weighted by Crippen LogP contribution is -2.35. The van der Waals surface area contributed by atoms with Gasteiger partial charge in [0.1, 0.15) is 0 Å². The molecule has 19 heavy (non-hydrogen) atoms. The molecule has 1 aromatic heterocycles. The molecule has 1 aromatic carbocycles. The maximum atomic E-state index is 13.2. The van der Waals surface area contributed by atoms with Gasteiger partial charge in [-0.1, -0.05) is 0 Å². The molecule has 0 aliphatic carbocycles. The van der Waals surface area contributed by atoms with E-state index in [0.29, 0.717) is 17.8 Å². The lowest BCUT2D eigenvalue weighted by molar-refractivity contribution is 0.421. The predicted octanol–water partition coefficient (Wildman–Crippen LogP) is 3.24. The number of aromatic amines is 1. The predicted molar refractivity (Wildman–Crippen MR) is 70.5 cm³/mol. The fourth-order valence-corrected chi connectivity index (χ4v) is 1.62. The first-order chi connectivity index (χ1) is 8.85. The number of aromatic nitrogens is 2. The van der Waals surface area contributed by atoms with E-state index >= 15 is 0 Å². The quantitative estimate of drug-likeness (QED) is 0.894. The summed E-state index contributed by atoms with van der Waals surface area (Å²) in [6.45, 7) is 6.85. The first kappa shape index (κ1) is 13.7. The largest absolute Gasteiger partial charge is 0.306 e. The lowest BCUT2D eigenvalue weighted by atomic mass is 10.1. The number of nitrogens with one attached hydrogen (secondary N) is 2. The Morgan fingerprint density at radius 1 is 1.16 bits per heavy atom. The number of hydrogen-bond acceptors (Lipinski definition) is 2. The first-order valence-electron chi connectivity index (χ1n) is 6.10. The number of nitrogens with zero attached hydrogens (tertiary/aromatic N) is 1. The maximum Gasteiger partial charge on any atom is 0.159 e. The summed E-state index contributed by atoms with van der Waals surface area (Å²) in [6, 6.07) is 5.58. The molecule has 0 saturated carbocycles. The van der Waals surface area contributed by atoms with E-state index in [1.54, 1.807) is 0 Å². The Kier molecular flexibility index (Phi) is 3.66. The van der Waals surface area contributed by atoms with Crippen LogP contribution in [-0.2, 0) is 6.54 Å². The van der Waals surface area contributed by atoms with Crippen molar-refractivity contribution in [2.45, 2.75) is 32.9 Å². The molecule has 2 N–H and O–H groups in total. The van der Waals surface area contributed by atoms with Gasteiger partial charge < -0.3 is 5.32 Å². The molecule has 0 fully saturated rings. The van der Waals surface area contributed by atoms with E-state index in [1.807, 2.05) is 6.07 Å². The molecule has 102 valence electrons. The SMILES string of the molecule is CC(C)(C)NCc1cc(-c2ccc(F)c(F)c2)n[nH]1. The Morgan fingerprint density at radius 2 is 1.89 bits per heavy atom. The average Bonchev–Trinajstić information content (AvgIpc) is 2.78. The van der Waals surface area contributed by atoms with Gasteiger partial charge in [-0.15, -0.1) is 0 Å². The van der Waals surface area contributed by atoms with E-state index in [-0.39, 0.29) is 5.54 Å². The van der Waals surface area contributed by atoms with Crippen LogP contribution in [-0.4, -0.2) is 15.7 Å². The topological polar surface area (TPSA) is 40.7 Å². The zero-order chi connectivity index (χ0) is 14.0. The summed E-state index contributed by atoms with van der Waals surface area (Å²) >= 11 is 0. The summed E-state index contributed by atoms with van der Waals surface area (Å²) in [5, 5.41) is 10.3. The third-order valence-corrected chi connectivity index (χ3v) is 2.66. The van der Waals surface area contributed by atoms with Crippen LogP contribution in [0.3, 0.4) is 0 Å². The standard InChI is InChI=1S/C14H17F2N3/c1-14(2,3)17-8-10-7-13(19-18-10)9-4-5-11(15)12(16)6-9/h4-7,17H,8H2,1-3H3,(H,18,19). The van der Waals surface area contributed by atoms with Crippen LogP contribution in [0.2, 0.25) is 0 Å². The van der Waals surface area contributed by atoms with E-state index in [9.17, 15) is 8.78 Å². The summed E-state index contributed by atoms with van der Waals surface area (Å²) in [6.07, 6.45) is 0. The number of hydrogen-bond donors (Lipinski definition) is 2. The highest BCUT2D eigenvalue weighted by Crippen LogP contribution is 2.20. The van der Waals surface area contributed by atoms with Crippen molar-refractivity contribution in [1.29, 1.82) is 0 Å². The third-order valence-electron chi connectivity index (χ3n) is 2.66. The maximum absolute atomic E-state index is 13.2. The second kappa shape index (κ2) is 5.09. The van der Waals surface area contributed by atoms with Crippen molar-refractivity contribution in [1.82, 2.24) is 15.5 Å². The molecule has 0 bridgehead atoms. The van der Waals surface area contributed by atoms with Crippen molar-refractivity contribution >= 4 is 0 Å². The van der Waals surface area contributed by atoms with Crippen LogP contribution in [0.15, 0.2) is 24.3 Å². The molecule has 1 heterocycles. The molecule has 0 amide bonds. The minimum Gasteiger partial charge on any atom is -0.306 e. The number of halogens is 2. The Hall–Kier alpha value is -1.75. The Labute approximate surface area is 111 Å². The van der Waals surface area contributed by atoms with E-state index in [4.69, 9.17) is 0 Å². The van der Waals surface area contributed by atoms with Crippen molar-refractivity contribution in [3.8, 4) is 11.3 Å². The summed E-state index contributed by atoms with van der Waals surface area (Å²) in [4.78, 5) is 0. The van der Waals surface area contributed by atoms with Gasteiger partial charge in [-0.05, 0) is 45.0 Å².